The van der Waals surface area contributed by atoms with Gasteiger partial charge >= 0.3 is 0 Å². The van der Waals surface area contributed by atoms with Crippen molar-refractivity contribution in [3.05, 3.63) is 102 Å². The fraction of sp³-hybridized carbons (Fsp3) is 0. The van der Waals surface area contributed by atoms with Gasteiger partial charge in [0.05, 0.1) is 5.69 Å². The summed E-state index contributed by atoms with van der Waals surface area (Å²) < 4.78 is 15.4. The molecule has 3 aromatic carbocycles. The fourth-order valence-electron chi connectivity index (χ4n) is 3.66. The number of fused-ring (bicyclic) bond motifs is 3. The average Bonchev–Trinajstić information content (AvgIpc) is 3.20. The van der Waals surface area contributed by atoms with Crippen molar-refractivity contribution in [2.24, 2.45) is 0 Å². The third-order valence-electron chi connectivity index (χ3n) is 4.83. The van der Waals surface area contributed by atoms with E-state index < -0.39 is 0 Å². The average molecular weight is 339 g/mol. The van der Waals surface area contributed by atoms with Gasteiger partial charge in [-0.3, -0.25) is 4.79 Å². The lowest BCUT2D eigenvalue weighted by molar-refractivity contribution is 0.103. The van der Waals surface area contributed by atoms with E-state index >= 15 is 0 Å². The van der Waals surface area contributed by atoms with E-state index in [-0.39, 0.29) is 11.6 Å². The summed E-state index contributed by atoms with van der Waals surface area (Å²) in [5.74, 6) is -0.296. The first kappa shape index (κ1) is 14.8. The Morgan fingerprint density at radius 1 is 0.692 bits per heavy atom. The summed E-state index contributed by atoms with van der Waals surface area (Å²) in [7, 11) is 0. The number of hydrogen-bond donors (Lipinski definition) is 0. The highest BCUT2D eigenvalue weighted by Gasteiger charge is 2.32. The number of ketones is 1. The number of nitrogens with zero attached hydrogens (tertiary/aromatic N) is 1. The number of hydrogen-bond acceptors (Lipinski definition) is 1. The molecule has 0 radical (unpaired) electrons. The summed E-state index contributed by atoms with van der Waals surface area (Å²) in [4.78, 5) is 13.1. The molecule has 1 aliphatic carbocycles. The van der Waals surface area contributed by atoms with Gasteiger partial charge in [-0.25, -0.2) is 4.39 Å². The van der Waals surface area contributed by atoms with E-state index in [0.29, 0.717) is 11.3 Å². The molecule has 0 amide bonds. The lowest BCUT2D eigenvalue weighted by atomic mass is 10.1. The van der Waals surface area contributed by atoms with E-state index in [0.717, 1.165) is 28.1 Å². The summed E-state index contributed by atoms with van der Waals surface area (Å²) in [5, 5.41) is 0. The van der Waals surface area contributed by atoms with E-state index in [1.54, 1.807) is 12.1 Å². The maximum atomic E-state index is 13.4. The van der Waals surface area contributed by atoms with E-state index in [2.05, 4.69) is 6.07 Å². The Kier molecular flexibility index (Phi) is 3.16. The minimum absolute atomic E-state index is 0.00195. The second-order valence-corrected chi connectivity index (χ2v) is 6.34. The van der Waals surface area contributed by atoms with Crippen LogP contribution in [0.2, 0.25) is 0 Å². The van der Waals surface area contributed by atoms with Crippen molar-refractivity contribution < 1.29 is 9.18 Å². The summed E-state index contributed by atoms with van der Waals surface area (Å²) in [6.45, 7) is 0. The summed E-state index contributed by atoms with van der Waals surface area (Å²) in [6, 6.07) is 25.9. The summed E-state index contributed by atoms with van der Waals surface area (Å²) >= 11 is 0. The molecule has 0 aliphatic heterocycles. The zero-order valence-corrected chi connectivity index (χ0v) is 13.8. The van der Waals surface area contributed by atoms with Crippen molar-refractivity contribution in [2.75, 3.05) is 0 Å². The van der Waals surface area contributed by atoms with Crippen LogP contribution >= 0.6 is 0 Å². The Balaban J connectivity index is 1.84. The van der Waals surface area contributed by atoms with Crippen molar-refractivity contribution in [1.82, 2.24) is 4.57 Å². The van der Waals surface area contributed by atoms with Gasteiger partial charge in [-0.2, -0.15) is 0 Å². The van der Waals surface area contributed by atoms with Crippen molar-refractivity contribution >= 4 is 5.78 Å². The number of aromatic nitrogens is 1. The van der Waals surface area contributed by atoms with Crippen LogP contribution in [0, 0.1) is 5.82 Å². The Labute approximate surface area is 150 Å². The van der Waals surface area contributed by atoms with Crippen LogP contribution in [0.5, 0.6) is 0 Å². The maximum Gasteiger partial charge on any atom is 0.211 e. The fourth-order valence-corrected chi connectivity index (χ4v) is 3.66. The SMILES string of the molecule is O=C1c2ccccc2-c2cc(-c3ccccc3)n(-c3ccc(F)cc3)c21. The molecule has 5 rings (SSSR count). The quantitative estimate of drug-likeness (QED) is 0.416. The predicted molar refractivity (Wildman–Crippen MR) is 100 cm³/mol. The van der Waals surface area contributed by atoms with E-state index in [1.165, 1.54) is 12.1 Å². The first-order chi connectivity index (χ1) is 12.7. The Morgan fingerprint density at radius 3 is 2.08 bits per heavy atom. The number of carbonyl (C=O) groups excluding carboxylic acids is 1. The molecule has 0 atom stereocenters. The molecular weight excluding hydrogens is 325 g/mol. The van der Waals surface area contributed by atoms with Gasteiger partial charge in [-0.15, -0.1) is 0 Å². The van der Waals surface area contributed by atoms with Crippen molar-refractivity contribution in [3.8, 4) is 28.1 Å². The molecule has 124 valence electrons. The molecule has 26 heavy (non-hydrogen) atoms. The highest BCUT2D eigenvalue weighted by molar-refractivity contribution is 6.22. The molecule has 1 aromatic heterocycles. The van der Waals surface area contributed by atoms with Crippen LogP contribution in [-0.2, 0) is 0 Å². The zero-order valence-electron chi connectivity index (χ0n) is 13.8. The number of rotatable bonds is 2. The van der Waals surface area contributed by atoms with Gasteiger partial charge in [0.15, 0.2) is 0 Å². The van der Waals surface area contributed by atoms with Crippen LogP contribution < -0.4 is 0 Å². The van der Waals surface area contributed by atoms with E-state index in [1.807, 2.05) is 59.2 Å². The lowest BCUT2D eigenvalue weighted by Crippen LogP contribution is -2.07. The van der Waals surface area contributed by atoms with Gasteiger partial charge < -0.3 is 4.57 Å². The molecule has 0 saturated carbocycles. The largest absolute Gasteiger partial charge is 0.306 e. The molecule has 0 unspecified atom stereocenters. The molecule has 3 heteroatoms. The van der Waals surface area contributed by atoms with Crippen LogP contribution in [-0.4, -0.2) is 10.4 Å². The maximum absolute atomic E-state index is 13.4. The van der Waals surface area contributed by atoms with Gasteiger partial charge in [0.1, 0.15) is 11.5 Å². The molecule has 0 N–H and O–H groups in total. The number of carbonyl (C=O) groups is 1. The standard InChI is InChI=1S/C23H14FNO/c24-16-10-12-17(13-11-16)25-21(15-6-2-1-3-7-15)14-20-18-8-4-5-9-19(18)23(26)22(20)25/h1-14H. The van der Waals surface area contributed by atoms with Crippen LogP contribution in [0.1, 0.15) is 16.1 Å². The summed E-state index contributed by atoms with van der Waals surface area (Å²) in [5.41, 5.74) is 5.93. The molecule has 1 heterocycles. The molecule has 0 spiro atoms. The molecule has 0 saturated heterocycles. The second-order valence-electron chi connectivity index (χ2n) is 6.34. The smallest absolute Gasteiger partial charge is 0.211 e. The topological polar surface area (TPSA) is 22.0 Å². The van der Waals surface area contributed by atoms with Crippen LogP contribution in [0.15, 0.2) is 84.9 Å². The number of halogens is 1. The Bertz CT molecular complexity index is 1140. The van der Waals surface area contributed by atoms with Gasteiger partial charge in [0.2, 0.25) is 5.78 Å². The molecule has 0 bridgehead atoms. The molecule has 1 aliphatic rings. The van der Waals surface area contributed by atoms with Crippen molar-refractivity contribution in [3.63, 3.8) is 0 Å². The van der Waals surface area contributed by atoms with E-state index in [4.69, 9.17) is 0 Å². The van der Waals surface area contributed by atoms with Gasteiger partial charge in [0.25, 0.3) is 0 Å². The highest BCUT2D eigenvalue weighted by atomic mass is 19.1. The minimum Gasteiger partial charge on any atom is -0.306 e. The monoisotopic (exact) mass is 339 g/mol. The zero-order chi connectivity index (χ0) is 17.7. The van der Waals surface area contributed by atoms with Gasteiger partial charge in [-0.1, -0.05) is 54.6 Å². The summed E-state index contributed by atoms with van der Waals surface area (Å²) in [6.07, 6.45) is 0. The molecular formula is C23H14FNO. The number of benzene rings is 3. The van der Waals surface area contributed by atoms with Crippen molar-refractivity contribution in [1.29, 1.82) is 0 Å². The van der Waals surface area contributed by atoms with Gasteiger partial charge in [0, 0.05) is 16.8 Å². The second kappa shape index (κ2) is 5.53. The van der Waals surface area contributed by atoms with Crippen molar-refractivity contribution in [2.45, 2.75) is 0 Å². The first-order valence-electron chi connectivity index (χ1n) is 8.45. The minimum atomic E-state index is -0.298. The van der Waals surface area contributed by atoms with E-state index in [9.17, 15) is 9.18 Å². The Morgan fingerprint density at radius 2 is 1.35 bits per heavy atom. The molecule has 0 fully saturated rings. The van der Waals surface area contributed by atoms with Crippen LogP contribution in [0.3, 0.4) is 0 Å². The lowest BCUT2D eigenvalue weighted by Gasteiger charge is -2.12. The predicted octanol–water partition coefficient (Wildman–Crippen LogP) is 5.49. The molecule has 2 nitrogen and oxygen atoms in total. The molecule has 4 aromatic rings. The Hall–Kier alpha value is -3.46. The van der Waals surface area contributed by atoms with Crippen LogP contribution in [0.25, 0.3) is 28.1 Å². The third kappa shape index (κ3) is 2.07. The first-order valence-corrected chi connectivity index (χ1v) is 8.45. The highest BCUT2D eigenvalue weighted by Crippen LogP contribution is 2.42. The normalized spacial score (nSPS) is 12.1. The van der Waals surface area contributed by atoms with Crippen LogP contribution in [0.4, 0.5) is 4.39 Å². The van der Waals surface area contributed by atoms with Gasteiger partial charge in [-0.05, 0) is 41.5 Å². The third-order valence-corrected chi connectivity index (χ3v) is 4.83.